The van der Waals surface area contributed by atoms with E-state index < -0.39 is 5.97 Å². The van der Waals surface area contributed by atoms with Gasteiger partial charge in [-0.15, -0.1) is 0 Å². The third kappa shape index (κ3) is 1280. The van der Waals surface area contributed by atoms with Crippen molar-refractivity contribution >= 4 is 77.2 Å². The highest BCUT2D eigenvalue weighted by molar-refractivity contribution is 5.66. The van der Waals surface area contributed by atoms with Crippen molar-refractivity contribution in [3.63, 3.8) is 0 Å². The fourth-order valence-corrected chi connectivity index (χ4v) is 0. The van der Waals surface area contributed by atoms with E-state index in [2.05, 4.69) is 0 Å². The fourth-order valence-electron chi connectivity index (χ4n) is 0. The first-order valence-electron chi connectivity index (χ1n) is 6.92. The first-order chi connectivity index (χ1) is 17.8. The number of carbonyl (C=O) groups is 12. The van der Waals surface area contributed by atoms with E-state index in [0.29, 0.717) is 0 Å². The predicted molar refractivity (Wildman–Crippen MR) is 114 cm³/mol. The SMILES string of the molecule is CCC(=O)O.O=CO.O=CO.O=CO.O=CO.O=CO.O=CO.O=CO.O=CO.O=CO.O=CO.O=CO. The van der Waals surface area contributed by atoms with E-state index in [1.807, 2.05) is 0 Å². The highest BCUT2D eigenvalue weighted by atomic mass is 16.4. The lowest BCUT2D eigenvalue weighted by molar-refractivity contribution is -0.137. The second-order valence-electron chi connectivity index (χ2n) is 1.91. The molecule has 0 aromatic carbocycles. The molecule has 0 fully saturated rings. The number of carboxylic acid groups (broad SMARTS) is 12. The van der Waals surface area contributed by atoms with Crippen molar-refractivity contribution in [3.05, 3.63) is 0 Å². The Balaban J connectivity index is -0.0000000195. The molecule has 0 amide bonds. The molecule has 0 radical (unpaired) electrons. The van der Waals surface area contributed by atoms with Crippen LogP contribution in [0.5, 0.6) is 0 Å². The third-order valence-electron chi connectivity index (χ3n) is 0.302. The molecule has 0 aliphatic carbocycles. The van der Waals surface area contributed by atoms with Gasteiger partial charge in [0.2, 0.25) is 0 Å². The summed E-state index contributed by atoms with van der Waals surface area (Å²) in [5.74, 6) is -0.745. The zero-order valence-electron chi connectivity index (χ0n) is 18.8. The van der Waals surface area contributed by atoms with Gasteiger partial charge in [0, 0.05) is 6.42 Å². The molecule has 0 bridgehead atoms. The fraction of sp³-hybridized carbons (Fsp3) is 0.143. The van der Waals surface area contributed by atoms with Gasteiger partial charge in [-0.05, 0) is 0 Å². The molecule has 24 heteroatoms. The lowest BCUT2D eigenvalue weighted by Crippen LogP contribution is -1.86. The standard InChI is InChI=1S/C3H6O2.11CH2O2/c1-2-3(4)5;11*2-1-3/h2H2,1H3,(H,4,5);11*1H,(H,2,3). The summed E-state index contributed by atoms with van der Waals surface area (Å²) >= 11 is 0. The van der Waals surface area contributed by atoms with Crippen LogP contribution in [0, 0.1) is 0 Å². The zero-order chi connectivity index (χ0) is 34.1. The number of hydrogen-bond donors (Lipinski definition) is 12. The summed E-state index contributed by atoms with van der Waals surface area (Å²) in [7, 11) is 0. The van der Waals surface area contributed by atoms with Gasteiger partial charge in [0.25, 0.3) is 71.2 Å². The van der Waals surface area contributed by atoms with E-state index in [4.69, 9.17) is 114 Å². The van der Waals surface area contributed by atoms with E-state index in [0.717, 1.165) is 0 Å². The highest BCUT2D eigenvalue weighted by Gasteiger charge is 1.80. The van der Waals surface area contributed by atoms with Crippen LogP contribution in [-0.2, 0) is 57.5 Å². The Morgan fingerprint density at radius 3 is 0.395 bits per heavy atom. The van der Waals surface area contributed by atoms with Crippen LogP contribution in [0.1, 0.15) is 13.3 Å². The summed E-state index contributed by atoms with van der Waals surface area (Å²) in [4.78, 5) is 101. The third-order valence-corrected chi connectivity index (χ3v) is 0.302. The highest BCUT2D eigenvalue weighted by Crippen LogP contribution is 1.67. The van der Waals surface area contributed by atoms with Gasteiger partial charge in [0.05, 0.1) is 0 Å². The molecule has 0 aliphatic heterocycles. The van der Waals surface area contributed by atoms with Gasteiger partial charge in [-0.2, -0.15) is 0 Å². The maximum Gasteiger partial charge on any atom is 0.303 e. The zero-order valence-corrected chi connectivity index (χ0v) is 18.8. The molecule has 0 unspecified atom stereocenters. The summed E-state index contributed by atoms with van der Waals surface area (Å²) in [5.41, 5.74) is 0. The summed E-state index contributed by atoms with van der Waals surface area (Å²) in [6, 6.07) is 0. The largest absolute Gasteiger partial charge is 0.483 e. The second kappa shape index (κ2) is 361. The number of hydrogen-bond acceptors (Lipinski definition) is 12. The minimum atomic E-state index is -0.745. The van der Waals surface area contributed by atoms with Crippen molar-refractivity contribution < 1.29 is 119 Å². The van der Waals surface area contributed by atoms with Gasteiger partial charge in [-0.1, -0.05) is 6.92 Å². The van der Waals surface area contributed by atoms with Crippen LogP contribution >= 0.6 is 0 Å². The Hall–Kier alpha value is -6.36. The first-order valence-corrected chi connectivity index (χ1v) is 6.92. The number of aliphatic carboxylic acids is 1. The number of rotatable bonds is 1. The Morgan fingerprint density at radius 1 is 0.368 bits per heavy atom. The molecule has 24 nitrogen and oxygen atoms in total. The second-order valence-corrected chi connectivity index (χ2v) is 1.91. The van der Waals surface area contributed by atoms with E-state index in [-0.39, 0.29) is 77.6 Å². The average Bonchev–Trinajstić information content (AvgIpc) is 2.80. The van der Waals surface area contributed by atoms with Crippen LogP contribution in [0.2, 0.25) is 0 Å². The van der Waals surface area contributed by atoms with Crippen molar-refractivity contribution in [2.75, 3.05) is 0 Å². The van der Waals surface area contributed by atoms with E-state index >= 15 is 0 Å². The molecule has 0 atom stereocenters. The summed E-state index contributed by atoms with van der Waals surface area (Å²) in [5, 5.41) is 83.5. The normalized spacial score (nSPS) is 4.45. The molecule has 0 aromatic heterocycles. The molecular weight excluding hydrogens is 552 g/mol. The minimum Gasteiger partial charge on any atom is -0.483 e. The van der Waals surface area contributed by atoms with Crippen LogP contribution in [0.3, 0.4) is 0 Å². The maximum atomic E-state index is 9.37. The Kier molecular flexibility index (Phi) is 731. The smallest absolute Gasteiger partial charge is 0.303 e. The summed E-state index contributed by atoms with van der Waals surface area (Å²) < 4.78 is 0. The predicted octanol–water partition coefficient (Wildman–Crippen LogP) is -2.81. The molecule has 0 saturated carbocycles. The van der Waals surface area contributed by atoms with Crippen LogP contribution in [0.15, 0.2) is 0 Å². The Bertz CT molecular complexity index is 322. The minimum absolute atomic E-state index is 0.222. The molecule has 0 rings (SSSR count). The van der Waals surface area contributed by atoms with Crippen LogP contribution < -0.4 is 0 Å². The molecule has 12 N–H and O–H groups in total. The van der Waals surface area contributed by atoms with Crippen molar-refractivity contribution in [3.8, 4) is 0 Å². The van der Waals surface area contributed by atoms with Gasteiger partial charge in [-0.3, -0.25) is 57.5 Å². The van der Waals surface area contributed by atoms with Gasteiger partial charge in [0.15, 0.2) is 0 Å². The molecule has 0 aliphatic rings. The summed E-state index contributed by atoms with van der Waals surface area (Å²) in [6.45, 7) is -1.15. The van der Waals surface area contributed by atoms with Crippen molar-refractivity contribution in [1.29, 1.82) is 0 Å². The van der Waals surface area contributed by atoms with Crippen LogP contribution in [-0.4, -0.2) is 138 Å². The van der Waals surface area contributed by atoms with E-state index in [1.54, 1.807) is 6.92 Å². The first kappa shape index (κ1) is 77.0. The molecule has 0 aromatic rings. The molecular formula is C14H28O24. The summed E-state index contributed by atoms with van der Waals surface area (Å²) in [6.07, 6.45) is 0.222. The molecule has 0 spiro atoms. The van der Waals surface area contributed by atoms with E-state index in [9.17, 15) is 4.79 Å². The van der Waals surface area contributed by atoms with Gasteiger partial charge in [0.1, 0.15) is 0 Å². The van der Waals surface area contributed by atoms with E-state index in [1.165, 1.54) is 0 Å². The van der Waals surface area contributed by atoms with Crippen molar-refractivity contribution in [1.82, 2.24) is 0 Å². The monoisotopic (exact) mass is 580 g/mol. The molecule has 0 saturated heterocycles. The Labute approximate surface area is 210 Å². The molecule has 0 heterocycles. The lowest BCUT2D eigenvalue weighted by atomic mass is 10.5. The van der Waals surface area contributed by atoms with Crippen LogP contribution in [0.25, 0.3) is 0 Å². The molecule has 38 heavy (non-hydrogen) atoms. The van der Waals surface area contributed by atoms with Gasteiger partial charge < -0.3 is 61.3 Å². The Morgan fingerprint density at radius 2 is 0.395 bits per heavy atom. The molecule has 228 valence electrons. The number of carboxylic acids is 1. The quantitative estimate of drug-likeness (QED) is 0.139. The topological polar surface area (TPSA) is 448 Å². The lowest BCUT2D eigenvalue weighted by Gasteiger charge is -1.71. The average molecular weight is 580 g/mol. The van der Waals surface area contributed by atoms with Crippen molar-refractivity contribution in [2.45, 2.75) is 13.3 Å². The van der Waals surface area contributed by atoms with Crippen molar-refractivity contribution in [2.24, 2.45) is 0 Å². The van der Waals surface area contributed by atoms with Gasteiger partial charge in [-0.25, -0.2) is 0 Å². The maximum absolute atomic E-state index is 9.37. The van der Waals surface area contributed by atoms with Gasteiger partial charge >= 0.3 is 5.97 Å². The van der Waals surface area contributed by atoms with Crippen LogP contribution in [0.4, 0.5) is 0 Å².